The summed E-state index contributed by atoms with van der Waals surface area (Å²) in [6.07, 6.45) is 1.53. The topological polar surface area (TPSA) is 9.23 Å². The zero-order valence-electron chi connectivity index (χ0n) is 8.96. The minimum atomic E-state index is 0.272. The van der Waals surface area contributed by atoms with E-state index in [0.717, 1.165) is 6.42 Å². The summed E-state index contributed by atoms with van der Waals surface area (Å²) in [4.78, 5) is 0. The van der Waals surface area contributed by atoms with Gasteiger partial charge in [0.1, 0.15) is 0 Å². The van der Waals surface area contributed by atoms with Gasteiger partial charge < -0.3 is 4.74 Å². The fourth-order valence-electron chi connectivity index (χ4n) is 1.49. The zero-order valence-corrected chi connectivity index (χ0v) is 10.5. The molecule has 0 aliphatic heterocycles. The van der Waals surface area contributed by atoms with Crippen molar-refractivity contribution in [3.8, 4) is 0 Å². The van der Waals surface area contributed by atoms with Crippen molar-refractivity contribution in [3.63, 3.8) is 0 Å². The summed E-state index contributed by atoms with van der Waals surface area (Å²) in [6, 6.07) is 8.28. The van der Waals surface area contributed by atoms with Gasteiger partial charge in [-0.3, -0.25) is 0 Å². The second-order valence-corrected chi connectivity index (χ2v) is 4.65. The van der Waals surface area contributed by atoms with Crippen LogP contribution in [0.5, 0.6) is 0 Å². The molecule has 1 nitrogen and oxygen atoms in total. The second kappa shape index (κ2) is 5.52. The Balaban J connectivity index is 2.56. The highest BCUT2D eigenvalue weighted by molar-refractivity contribution is 9.10. The van der Waals surface area contributed by atoms with E-state index in [9.17, 15) is 0 Å². The maximum atomic E-state index is 5.69. The summed E-state index contributed by atoms with van der Waals surface area (Å²) >= 11 is 3.54. The molecule has 0 saturated carbocycles. The molecule has 1 aromatic rings. The number of hydrogen-bond acceptors (Lipinski definition) is 1. The molecule has 1 aromatic carbocycles. The molecular formula is C12H17BrO. The van der Waals surface area contributed by atoms with Crippen LogP contribution in [0.2, 0.25) is 0 Å². The lowest BCUT2D eigenvalue weighted by Crippen LogP contribution is -2.16. The molecule has 0 spiro atoms. The van der Waals surface area contributed by atoms with Crippen LogP contribution in [0, 0.1) is 0 Å². The number of rotatable bonds is 4. The van der Waals surface area contributed by atoms with E-state index in [0.29, 0.717) is 6.10 Å². The fourth-order valence-corrected chi connectivity index (χ4v) is 1.93. The highest BCUT2D eigenvalue weighted by Crippen LogP contribution is 2.18. The van der Waals surface area contributed by atoms with Crippen molar-refractivity contribution < 1.29 is 4.74 Å². The number of ether oxygens (including phenoxy) is 1. The Morgan fingerprint density at radius 3 is 2.43 bits per heavy atom. The van der Waals surface area contributed by atoms with Crippen LogP contribution in [0.3, 0.4) is 0 Å². The first-order chi connectivity index (χ1) is 6.59. The Bertz CT molecular complexity index is 283. The van der Waals surface area contributed by atoms with E-state index in [1.54, 1.807) is 0 Å². The molecule has 0 aliphatic rings. The van der Waals surface area contributed by atoms with Gasteiger partial charge in [0, 0.05) is 4.47 Å². The van der Waals surface area contributed by atoms with Crippen LogP contribution in [-0.2, 0) is 11.2 Å². The molecule has 0 bridgehead atoms. The third kappa shape index (κ3) is 3.81. The Kier molecular flexibility index (Phi) is 4.63. The Labute approximate surface area is 94.6 Å². The van der Waals surface area contributed by atoms with Crippen molar-refractivity contribution in [1.29, 1.82) is 0 Å². The molecule has 1 unspecified atom stereocenters. The average Bonchev–Trinajstić information content (AvgIpc) is 2.07. The molecule has 0 fully saturated rings. The van der Waals surface area contributed by atoms with E-state index in [2.05, 4.69) is 54.9 Å². The first kappa shape index (κ1) is 11.7. The van der Waals surface area contributed by atoms with Crippen LogP contribution in [0.25, 0.3) is 0 Å². The predicted molar refractivity (Wildman–Crippen MR) is 63.5 cm³/mol. The quantitative estimate of drug-likeness (QED) is 0.797. The SMILES string of the molecule is CC(C)OC(C)Cc1ccccc1Br. The van der Waals surface area contributed by atoms with E-state index < -0.39 is 0 Å². The number of benzene rings is 1. The van der Waals surface area contributed by atoms with Gasteiger partial charge in [-0.15, -0.1) is 0 Å². The van der Waals surface area contributed by atoms with Crippen molar-refractivity contribution in [2.45, 2.75) is 39.4 Å². The van der Waals surface area contributed by atoms with Crippen molar-refractivity contribution in [3.05, 3.63) is 34.3 Å². The first-order valence-electron chi connectivity index (χ1n) is 4.98. The molecule has 0 aliphatic carbocycles. The van der Waals surface area contributed by atoms with Crippen LogP contribution < -0.4 is 0 Å². The highest BCUT2D eigenvalue weighted by Gasteiger charge is 2.07. The molecule has 2 heteroatoms. The lowest BCUT2D eigenvalue weighted by molar-refractivity contribution is 0.0194. The molecule has 14 heavy (non-hydrogen) atoms. The molecule has 0 heterocycles. The summed E-state index contributed by atoms with van der Waals surface area (Å²) < 4.78 is 6.85. The second-order valence-electron chi connectivity index (χ2n) is 3.79. The minimum absolute atomic E-state index is 0.272. The molecule has 1 atom stereocenters. The Morgan fingerprint density at radius 2 is 1.86 bits per heavy atom. The van der Waals surface area contributed by atoms with Crippen LogP contribution >= 0.6 is 15.9 Å². The summed E-state index contributed by atoms with van der Waals surface area (Å²) in [7, 11) is 0. The van der Waals surface area contributed by atoms with Gasteiger partial charge in [0.05, 0.1) is 12.2 Å². The number of hydrogen-bond donors (Lipinski definition) is 0. The van der Waals surface area contributed by atoms with Gasteiger partial charge >= 0.3 is 0 Å². The van der Waals surface area contributed by atoms with E-state index in [-0.39, 0.29) is 6.10 Å². The normalized spacial score (nSPS) is 13.2. The van der Waals surface area contributed by atoms with Gasteiger partial charge in [0.25, 0.3) is 0 Å². The molecule has 0 aromatic heterocycles. The standard InChI is InChI=1S/C12H17BrO/c1-9(2)14-10(3)8-11-6-4-5-7-12(11)13/h4-7,9-10H,8H2,1-3H3. The maximum absolute atomic E-state index is 5.69. The maximum Gasteiger partial charge on any atom is 0.0591 e. The first-order valence-corrected chi connectivity index (χ1v) is 5.77. The molecule has 1 rings (SSSR count). The molecule has 0 N–H and O–H groups in total. The predicted octanol–water partition coefficient (Wildman–Crippen LogP) is 3.81. The largest absolute Gasteiger partial charge is 0.376 e. The van der Waals surface area contributed by atoms with Gasteiger partial charge in [-0.25, -0.2) is 0 Å². The monoisotopic (exact) mass is 256 g/mol. The fraction of sp³-hybridized carbons (Fsp3) is 0.500. The van der Waals surface area contributed by atoms with Crippen LogP contribution in [-0.4, -0.2) is 12.2 Å². The molecule has 0 saturated heterocycles. The minimum Gasteiger partial charge on any atom is -0.376 e. The van der Waals surface area contributed by atoms with E-state index in [1.165, 1.54) is 10.0 Å². The summed E-state index contributed by atoms with van der Waals surface area (Å²) in [5.41, 5.74) is 1.31. The smallest absolute Gasteiger partial charge is 0.0591 e. The summed E-state index contributed by atoms with van der Waals surface area (Å²) in [5.74, 6) is 0. The zero-order chi connectivity index (χ0) is 10.6. The lowest BCUT2D eigenvalue weighted by atomic mass is 10.1. The number of halogens is 1. The van der Waals surface area contributed by atoms with E-state index >= 15 is 0 Å². The van der Waals surface area contributed by atoms with Gasteiger partial charge in [0.2, 0.25) is 0 Å². The van der Waals surface area contributed by atoms with Crippen molar-refractivity contribution in [1.82, 2.24) is 0 Å². The lowest BCUT2D eigenvalue weighted by Gasteiger charge is -2.16. The van der Waals surface area contributed by atoms with E-state index in [4.69, 9.17) is 4.74 Å². The molecule has 0 radical (unpaired) electrons. The third-order valence-corrected chi connectivity index (χ3v) is 2.74. The van der Waals surface area contributed by atoms with Crippen LogP contribution in [0.4, 0.5) is 0 Å². The van der Waals surface area contributed by atoms with Gasteiger partial charge in [-0.2, -0.15) is 0 Å². The van der Waals surface area contributed by atoms with Gasteiger partial charge in [-0.1, -0.05) is 34.1 Å². The summed E-state index contributed by atoms with van der Waals surface area (Å²) in [6.45, 7) is 6.24. The molecular weight excluding hydrogens is 240 g/mol. The Morgan fingerprint density at radius 1 is 1.21 bits per heavy atom. The third-order valence-electron chi connectivity index (χ3n) is 1.97. The van der Waals surface area contributed by atoms with Gasteiger partial charge in [0.15, 0.2) is 0 Å². The Hall–Kier alpha value is -0.340. The van der Waals surface area contributed by atoms with Crippen LogP contribution in [0.1, 0.15) is 26.3 Å². The van der Waals surface area contributed by atoms with Gasteiger partial charge in [-0.05, 0) is 38.8 Å². The van der Waals surface area contributed by atoms with Crippen molar-refractivity contribution in [2.75, 3.05) is 0 Å². The van der Waals surface area contributed by atoms with Crippen molar-refractivity contribution in [2.24, 2.45) is 0 Å². The highest BCUT2D eigenvalue weighted by atomic mass is 79.9. The molecule has 0 amide bonds. The summed E-state index contributed by atoms with van der Waals surface area (Å²) in [5, 5.41) is 0. The average molecular weight is 257 g/mol. The van der Waals surface area contributed by atoms with Crippen molar-refractivity contribution >= 4 is 15.9 Å². The van der Waals surface area contributed by atoms with Crippen LogP contribution in [0.15, 0.2) is 28.7 Å². The molecule has 78 valence electrons. The van der Waals surface area contributed by atoms with E-state index in [1.807, 2.05) is 6.07 Å².